The summed E-state index contributed by atoms with van der Waals surface area (Å²) in [6, 6.07) is 3.15. The molecule has 0 radical (unpaired) electrons. The van der Waals surface area contributed by atoms with Gasteiger partial charge < -0.3 is 4.98 Å². The van der Waals surface area contributed by atoms with Crippen LogP contribution in [0, 0.1) is 13.8 Å². The van der Waals surface area contributed by atoms with Gasteiger partial charge in [0, 0.05) is 64.9 Å². The van der Waals surface area contributed by atoms with Crippen molar-refractivity contribution in [3.05, 3.63) is 95.0 Å². The third-order valence-corrected chi connectivity index (χ3v) is 7.52. The number of nitrogens with zero attached hydrogens (tertiary/aromatic N) is 5. The first kappa shape index (κ1) is 36.7. The second-order valence-corrected chi connectivity index (χ2v) is 18.0. The van der Waals surface area contributed by atoms with Gasteiger partial charge in [0.1, 0.15) is 5.15 Å². The summed E-state index contributed by atoms with van der Waals surface area (Å²) in [7, 11) is 0. The minimum absolute atomic E-state index is 0.170. The summed E-state index contributed by atoms with van der Waals surface area (Å²) < 4.78 is 9.51. The van der Waals surface area contributed by atoms with Gasteiger partial charge in [-0.25, -0.2) is 15.0 Å². The molecule has 0 aliphatic rings. The van der Waals surface area contributed by atoms with Crippen molar-refractivity contribution < 1.29 is 4.57 Å². The van der Waals surface area contributed by atoms with E-state index in [-0.39, 0.29) is 5.56 Å². The highest BCUT2D eigenvalue weighted by Crippen LogP contribution is 2.61. The van der Waals surface area contributed by atoms with Crippen LogP contribution in [-0.2, 0) is 16.1 Å². The Balaban J connectivity index is 0.000000247. The molecular weight excluding hydrogens is 759 g/mol. The third-order valence-electron chi connectivity index (χ3n) is 4.25. The number of nitrogens with one attached hydrogen (secondary N) is 1. The minimum atomic E-state index is -3.22. The molecule has 0 saturated heterocycles. The molecule has 0 unspecified atom stereocenters. The highest BCUT2D eigenvalue weighted by Gasteiger charge is 2.10. The zero-order valence-electron chi connectivity index (χ0n) is 20.7. The van der Waals surface area contributed by atoms with Crippen LogP contribution in [0.2, 0.25) is 25.2 Å². The van der Waals surface area contributed by atoms with Gasteiger partial charge >= 0.3 is 5.20 Å². The lowest BCUT2D eigenvalue weighted by Crippen LogP contribution is -2.08. The second-order valence-electron chi connectivity index (χ2n) is 7.45. The predicted octanol–water partition coefficient (Wildman–Crippen LogP) is 10.3. The molecule has 4 heterocycles. The SMILES string of the molecule is Cc1cc(=O)[nH]c(SCc2c(Cl)cncc2Cl)n1.Cc1cc(Cl)nc(SCc2c(Cl)cncc2Cl)n1.O=P(Cl)(Cl)Cl. The lowest BCUT2D eigenvalue weighted by atomic mass is 10.3. The Morgan fingerprint density at radius 1 is 0.732 bits per heavy atom. The number of rotatable bonds is 6. The molecule has 19 heteroatoms. The number of hydrogen-bond acceptors (Lipinski definition) is 9. The van der Waals surface area contributed by atoms with Crippen LogP contribution in [0.15, 0.2) is 52.0 Å². The quantitative estimate of drug-likeness (QED) is 0.0885. The normalized spacial score (nSPS) is 10.8. The summed E-state index contributed by atoms with van der Waals surface area (Å²) in [6.45, 7) is 3.63. The molecule has 4 aromatic heterocycles. The van der Waals surface area contributed by atoms with Crippen LogP contribution in [0.5, 0.6) is 0 Å². The first-order valence-corrected chi connectivity index (χ1v) is 19.0. The van der Waals surface area contributed by atoms with E-state index < -0.39 is 5.20 Å². The van der Waals surface area contributed by atoms with Crippen molar-refractivity contribution in [2.45, 2.75) is 35.7 Å². The van der Waals surface area contributed by atoms with Crippen LogP contribution in [0.3, 0.4) is 0 Å². The van der Waals surface area contributed by atoms with Crippen molar-refractivity contribution in [1.29, 1.82) is 0 Å². The highest BCUT2D eigenvalue weighted by atomic mass is 36.0. The third kappa shape index (κ3) is 14.7. The van der Waals surface area contributed by atoms with Crippen LogP contribution < -0.4 is 5.56 Å². The number of H-pyrrole nitrogens is 1. The summed E-state index contributed by atoms with van der Waals surface area (Å²) in [4.78, 5) is 34.3. The molecule has 8 nitrogen and oxygen atoms in total. The van der Waals surface area contributed by atoms with Crippen LogP contribution in [-0.4, -0.2) is 29.9 Å². The average molecular weight is 776 g/mol. The fraction of sp³-hybridized carbons (Fsp3) is 0.182. The zero-order chi connectivity index (χ0) is 30.7. The number of aryl methyl sites for hydroxylation is 2. The molecule has 0 fully saturated rings. The Morgan fingerprint density at radius 2 is 1.17 bits per heavy atom. The van der Waals surface area contributed by atoms with Crippen LogP contribution in [0.25, 0.3) is 0 Å². The standard InChI is InChI=1S/C11H8Cl3N3S.C11H9Cl2N3OS.Cl3OP/c1-6-2-10(14)17-11(16-6)18-5-7-8(12)3-15-4-9(7)13;1-6-2-10(17)16-11(15-6)18-5-7-8(12)3-14-4-9(7)13;1-5(2,3)4/h2-4H,5H2,1H3;2-4H,5H2,1H3,(H,15,16,17);. The first-order valence-electron chi connectivity index (χ1n) is 10.7. The van der Waals surface area contributed by atoms with Crippen molar-refractivity contribution in [2.24, 2.45) is 0 Å². The van der Waals surface area contributed by atoms with Crippen molar-refractivity contribution >= 4 is 120 Å². The maximum atomic E-state index is 11.3. The van der Waals surface area contributed by atoms with Gasteiger partial charge in [0.15, 0.2) is 10.3 Å². The molecule has 1 N–H and O–H groups in total. The van der Waals surface area contributed by atoms with Crippen LogP contribution in [0.1, 0.15) is 22.5 Å². The van der Waals surface area contributed by atoms with E-state index in [2.05, 4.69) is 63.6 Å². The predicted molar refractivity (Wildman–Crippen MR) is 174 cm³/mol. The van der Waals surface area contributed by atoms with Gasteiger partial charge in [-0.2, -0.15) is 0 Å². The van der Waals surface area contributed by atoms with E-state index in [1.54, 1.807) is 25.4 Å². The van der Waals surface area contributed by atoms with Gasteiger partial charge in [0.25, 0.3) is 5.56 Å². The van der Waals surface area contributed by atoms with Crippen molar-refractivity contribution in [1.82, 2.24) is 29.9 Å². The summed E-state index contributed by atoms with van der Waals surface area (Å²) in [6.07, 6.45) is 6.20. The van der Waals surface area contributed by atoms with E-state index in [0.717, 1.165) is 16.8 Å². The van der Waals surface area contributed by atoms with E-state index in [1.807, 2.05) is 6.92 Å². The molecule has 0 aliphatic carbocycles. The maximum absolute atomic E-state index is 11.3. The Bertz CT molecular complexity index is 1530. The van der Waals surface area contributed by atoms with E-state index in [9.17, 15) is 9.36 Å². The van der Waals surface area contributed by atoms with Crippen molar-refractivity contribution in [2.75, 3.05) is 0 Å². The largest absolute Gasteiger partial charge is 0.339 e. The van der Waals surface area contributed by atoms with Gasteiger partial charge in [0.2, 0.25) is 0 Å². The van der Waals surface area contributed by atoms with Crippen molar-refractivity contribution in [3.8, 4) is 0 Å². The van der Waals surface area contributed by atoms with E-state index in [4.69, 9.17) is 58.0 Å². The Morgan fingerprint density at radius 3 is 1.61 bits per heavy atom. The van der Waals surface area contributed by atoms with E-state index in [0.29, 0.717) is 52.8 Å². The number of thioether (sulfide) groups is 2. The Labute approximate surface area is 283 Å². The van der Waals surface area contributed by atoms with Gasteiger partial charge in [-0.1, -0.05) is 81.5 Å². The van der Waals surface area contributed by atoms with Gasteiger partial charge in [-0.15, -0.1) is 0 Å². The fourth-order valence-electron chi connectivity index (χ4n) is 2.62. The van der Waals surface area contributed by atoms with Gasteiger partial charge in [-0.3, -0.25) is 19.3 Å². The number of halogens is 8. The molecule has 0 aliphatic heterocycles. The number of aromatic amines is 1. The molecular formula is C22H17Cl8N6O2PS2. The topological polar surface area (TPSA) is 114 Å². The van der Waals surface area contributed by atoms with E-state index in [1.165, 1.54) is 42.0 Å². The lowest BCUT2D eigenvalue weighted by Gasteiger charge is -2.05. The summed E-state index contributed by atoms with van der Waals surface area (Å²) in [5.74, 6) is 1.09. The molecule has 0 saturated carbocycles. The van der Waals surface area contributed by atoms with Gasteiger partial charge in [-0.05, 0) is 53.6 Å². The number of hydrogen-bond donors (Lipinski definition) is 1. The zero-order valence-corrected chi connectivity index (χ0v) is 29.3. The van der Waals surface area contributed by atoms with E-state index >= 15 is 0 Å². The van der Waals surface area contributed by atoms with Crippen LogP contribution in [0.4, 0.5) is 0 Å². The molecule has 4 rings (SSSR count). The molecule has 0 bridgehead atoms. The highest BCUT2D eigenvalue weighted by molar-refractivity contribution is 8.24. The molecule has 0 atom stereocenters. The molecule has 220 valence electrons. The molecule has 0 aromatic carbocycles. The number of aromatic nitrogens is 6. The Hall–Kier alpha value is -0.490. The molecule has 0 spiro atoms. The monoisotopic (exact) mass is 772 g/mol. The Kier molecular flexibility index (Phi) is 15.9. The summed E-state index contributed by atoms with van der Waals surface area (Å²) in [5.41, 5.74) is 2.93. The smallest absolute Gasteiger partial charge is 0.301 e. The average Bonchev–Trinajstić information content (AvgIpc) is 2.82. The van der Waals surface area contributed by atoms with Gasteiger partial charge in [0.05, 0.1) is 20.1 Å². The minimum Gasteiger partial charge on any atom is -0.301 e. The lowest BCUT2D eigenvalue weighted by molar-refractivity contribution is 0.600. The molecule has 4 aromatic rings. The molecule has 0 amide bonds. The van der Waals surface area contributed by atoms with Crippen molar-refractivity contribution in [3.63, 3.8) is 0 Å². The fourth-order valence-corrected chi connectivity index (χ4v) is 6.15. The summed E-state index contributed by atoms with van der Waals surface area (Å²) in [5, 5.41) is 0.433. The second kappa shape index (κ2) is 17.7. The molecule has 41 heavy (non-hydrogen) atoms. The summed E-state index contributed by atoms with van der Waals surface area (Å²) >= 11 is 46.6. The number of pyridine rings is 2. The van der Waals surface area contributed by atoms with Crippen LogP contribution >= 0.6 is 120 Å². The first-order chi connectivity index (χ1) is 19.1. The maximum Gasteiger partial charge on any atom is 0.339 e.